The van der Waals surface area contributed by atoms with Gasteiger partial charge in [-0.3, -0.25) is 0 Å². The topological polar surface area (TPSA) is 80.6 Å². The van der Waals surface area contributed by atoms with Gasteiger partial charge in [0.2, 0.25) is 11.2 Å². The summed E-state index contributed by atoms with van der Waals surface area (Å²) in [6, 6.07) is 0.171. The third kappa shape index (κ3) is 2.98. The molecule has 1 fully saturated rings. The molecule has 0 spiro atoms. The molecular formula is C10H15ClN4O3. The molecule has 8 heteroatoms. The van der Waals surface area contributed by atoms with E-state index in [1.54, 1.807) is 0 Å². The summed E-state index contributed by atoms with van der Waals surface area (Å²) >= 11 is 5.81. The molecule has 2 heterocycles. The van der Waals surface area contributed by atoms with Gasteiger partial charge < -0.3 is 19.5 Å². The molecule has 18 heavy (non-hydrogen) atoms. The summed E-state index contributed by atoms with van der Waals surface area (Å²) in [5.74, 6) is 0.431. The van der Waals surface area contributed by atoms with Crippen LogP contribution in [0.25, 0.3) is 0 Å². The van der Waals surface area contributed by atoms with E-state index in [9.17, 15) is 5.11 Å². The summed E-state index contributed by atoms with van der Waals surface area (Å²) in [5, 5.41) is 9.25. The Morgan fingerprint density at radius 3 is 2.89 bits per heavy atom. The lowest BCUT2D eigenvalue weighted by Crippen LogP contribution is -2.48. The van der Waals surface area contributed by atoms with Gasteiger partial charge in [0.05, 0.1) is 25.9 Å². The summed E-state index contributed by atoms with van der Waals surface area (Å²) in [4.78, 5) is 13.9. The van der Waals surface area contributed by atoms with Gasteiger partial charge in [-0.2, -0.15) is 15.0 Å². The Morgan fingerprint density at radius 1 is 1.44 bits per heavy atom. The van der Waals surface area contributed by atoms with Gasteiger partial charge in [-0.15, -0.1) is 0 Å². The molecule has 1 aromatic rings. The van der Waals surface area contributed by atoms with Gasteiger partial charge in [0.25, 0.3) is 0 Å². The van der Waals surface area contributed by atoms with Crippen LogP contribution < -0.4 is 9.64 Å². The second-order valence-electron chi connectivity index (χ2n) is 4.05. The van der Waals surface area contributed by atoms with Gasteiger partial charge >= 0.3 is 6.01 Å². The molecule has 7 nitrogen and oxygen atoms in total. The predicted octanol–water partition coefficient (Wildman–Crippen LogP) is 0.120. The quantitative estimate of drug-likeness (QED) is 0.838. The number of ether oxygens (including phenoxy) is 2. The fraction of sp³-hybridized carbons (Fsp3) is 0.700. The standard InChI is InChI=1S/C10H15ClN4O3/c1-6-3-15(4-7(5-16)18-6)9-12-8(11)13-10(14-9)17-2/h6-7,16H,3-5H2,1-2H3. The van der Waals surface area contributed by atoms with E-state index in [2.05, 4.69) is 15.0 Å². The van der Waals surface area contributed by atoms with E-state index >= 15 is 0 Å². The van der Waals surface area contributed by atoms with Gasteiger partial charge in [0.1, 0.15) is 0 Å². The molecule has 1 aliphatic heterocycles. The molecular weight excluding hydrogens is 260 g/mol. The Bertz CT molecular complexity index is 420. The maximum Gasteiger partial charge on any atom is 0.322 e. The van der Waals surface area contributed by atoms with Crippen LogP contribution in [0.1, 0.15) is 6.92 Å². The van der Waals surface area contributed by atoms with Gasteiger partial charge in [-0.25, -0.2) is 0 Å². The SMILES string of the molecule is COc1nc(Cl)nc(N2CC(C)OC(CO)C2)n1. The molecule has 0 saturated carbocycles. The van der Waals surface area contributed by atoms with Gasteiger partial charge in [0.15, 0.2) is 0 Å². The van der Waals surface area contributed by atoms with Gasteiger partial charge in [0, 0.05) is 13.1 Å². The van der Waals surface area contributed by atoms with Gasteiger partial charge in [-0.1, -0.05) is 0 Å². The zero-order valence-electron chi connectivity index (χ0n) is 10.2. The number of aliphatic hydroxyl groups is 1. The summed E-state index contributed by atoms with van der Waals surface area (Å²) in [7, 11) is 1.47. The molecule has 0 bridgehead atoms. The number of hydrogen-bond donors (Lipinski definition) is 1. The third-order valence-corrected chi connectivity index (χ3v) is 2.74. The van der Waals surface area contributed by atoms with Crippen molar-refractivity contribution in [3.05, 3.63) is 5.28 Å². The summed E-state index contributed by atoms with van der Waals surface area (Å²) in [6.45, 7) is 3.01. The molecule has 2 atom stereocenters. The highest BCUT2D eigenvalue weighted by atomic mass is 35.5. The van der Waals surface area contributed by atoms with Crippen molar-refractivity contribution in [2.24, 2.45) is 0 Å². The fourth-order valence-electron chi connectivity index (χ4n) is 1.86. The van der Waals surface area contributed by atoms with E-state index in [1.807, 2.05) is 11.8 Å². The molecule has 100 valence electrons. The molecule has 1 aromatic heterocycles. The van der Waals surface area contributed by atoms with Crippen molar-refractivity contribution in [3.8, 4) is 6.01 Å². The Hall–Kier alpha value is -1.18. The average molecular weight is 275 g/mol. The number of hydrogen-bond acceptors (Lipinski definition) is 7. The normalized spacial score (nSPS) is 24.1. The van der Waals surface area contributed by atoms with Crippen molar-refractivity contribution in [1.29, 1.82) is 0 Å². The van der Waals surface area contributed by atoms with Crippen LogP contribution in [0.4, 0.5) is 5.95 Å². The monoisotopic (exact) mass is 274 g/mol. The molecule has 2 rings (SSSR count). The van der Waals surface area contributed by atoms with E-state index in [0.717, 1.165) is 0 Å². The first-order chi connectivity index (χ1) is 8.62. The second kappa shape index (κ2) is 5.64. The second-order valence-corrected chi connectivity index (χ2v) is 4.39. The van der Waals surface area contributed by atoms with Crippen molar-refractivity contribution in [2.45, 2.75) is 19.1 Å². The van der Waals surface area contributed by atoms with Crippen molar-refractivity contribution in [1.82, 2.24) is 15.0 Å². The van der Waals surface area contributed by atoms with E-state index in [-0.39, 0.29) is 30.1 Å². The number of aliphatic hydroxyl groups excluding tert-OH is 1. The van der Waals surface area contributed by atoms with Crippen LogP contribution in [0.2, 0.25) is 5.28 Å². The van der Waals surface area contributed by atoms with Crippen molar-refractivity contribution in [3.63, 3.8) is 0 Å². The van der Waals surface area contributed by atoms with E-state index in [4.69, 9.17) is 21.1 Å². The van der Waals surface area contributed by atoms with Crippen LogP contribution in [-0.2, 0) is 4.74 Å². The molecule has 0 amide bonds. The first-order valence-electron chi connectivity index (χ1n) is 5.59. The van der Waals surface area contributed by atoms with Crippen LogP contribution in [0, 0.1) is 0 Å². The Morgan fingerprint density at radius 2 is 2.22 bits per heavy atom. The molecule has 0 aromatic carbocycles. The first-order valence-corrected chi connectivity index (χ1v) is 5.97. The van der Waals surface area contributed by atoms with Crippen LogP contribution >= 0.6 is 11.6 Å². The van der Waals surface area contributed by atoms with Crippen LogP contribution in [0.5, 0.6) is 6.01 Å². The fourth-order valence-corrected chi connectivity index (χ4v) is 2.01. The van der Waals surface area contributed by atoms with Crippen LogP contribution in [-0.4, -0.2) is 59.1 Å². The molecule has 0 radical (unpaired) electrons. The lowest BCUT2D eigenvalue weighted by atomic mass is 10.2. The van der Waals surface area contributed by atoms with E-state index in [0.29, 0.717) is 19.0 Å². The van der Waals surface area contributed by atoms with Crippen LogP contribution in [0.3, 0.4) is 0 Å². The zero-order valence-corrected chi connectivity index (χ0v) is 11.0. The lowest BCUT2D eigenvalue weighted by Gasteiger charge is -2.35. The average Bonchev–Trinajstić information content (AvgIpc) is 2.37. The van der Waals surface area contributed by atoms with E-state index < -0.39 is 0 Å². The Kier molecular flexibility index (Phi) is 4.15. The van der Waals surface area contributed by atoms with E-state index in [1.165, 1.54) is 7.11 Å². The number of nitrogens with zero attached hydrogens (tertiary/aromatic N) is 4. The lowest BCUT2D eigenvalue weighted by molar-refractivity contribution is -0.0425. The van der Waals surface area contributed by atoms with Crippen molar-refractivity contribution in [2.75, 3.05) is 31.7 Å². The van der Waals surface area contributed by atoms with Gasteiger partial charge in [-0.05, 0) is 18.5 Å². The van der Waals surface area contributed by atoms with Crippen LogP contribution in [0.15, 0.2) is 0 Å². The summed E-state index contributed by atoms with van der Waals surface area (Å²) in [5.41, 5.74) is 0. The maximum atomic E-state index is 9.17. The first kappa shape index (κ1) is 13.3. The number of halogens is 1. The number of rotatable bonds is 3. The summed E-state index contributed by atoms with van der Waals surface area (Å²) < 4.78 is 10.5. The van der Waals surface area contributed by atoms with Crippen molar-refractivity contribution < 1.29 is 14.6 Å². The predicted molar refractivity (Wildman–Crippen MR) is 65.0 cm³/mol. The highest BCUT2D eigenvalue weighted by molar-refractivity contribution is 6.28. The third-order valence-electron chi connectivity index (χ3n) is 2.57. The van der Waals surface area contributed by atoms with Crippen molar-refractivity contribution >= 4 is 17.5 Å². The number of anilines is 1. The molecule has 2 unspecified atom stereocenters. The number of morpholine rings is 1. The Balaban J connectivity index is 2.21. The molecule has 1 saturated heterocycles. The molecule has 1 N–H and O–H groups in total. The highest BCUT2D eigenvalue weighted by Crippen LogP contribution is 2.19. The minimum absolute atomic E-state index is 0.0163. The highest BCUT2D eigenvalue weighted by Gasteiger charge is 2.27. The maximum absolute atomic E-state index is 9.17. The minimum Gasteiger partial charge on any atom is -0.467 e. The largest absolute Gasteiger partial charge is 0.467 e. The molecule has 1 aliphatic rings. The summed E-state index contributed by atoms with van der Waals surface area (Å²) in [6.07, 6.45) is -0.271. The minimum atomic E-state index is -0.254. The number of aromatic nitrogens is 3. The number of methoxy groups -OCH3 is 1. The zero-order chi connectivity index (χ0) is 13.1. The molecule has 0 aliphatic carbocycles. The smallest absolute Gasteiger partial charge is 0.322 e. The Labute approximate surface area is 110 Å².